The fraction of sp³-hybridized carbons (Fsp3) is 0.462. The van der Waals surface area contributed by atoms with Gasteiger partial charge in [0.25, 0.3) is 0 Å². The Morgan fingerprint density at radius 1 is 1.52 bits per heavy atom. The van der Waals surface area contributed by atoms with E-state index in [9.17, 15) is 14.7 Å². The highest BCUT2D eigenvalue weighted by Gasteiger charge is 2.38. The average molecular weight is 309 g/mol. The van der Waals surface area contributed by atoms with E-state index in [2.05, 4.69) is 4.98 Å². The quantitative estimate of drug-likeness (QED) is 0.850. The minimum Gasteiger partial charge on any atom is -0.480 e. The van der Waals surface area contributed by atoms with Crippen LogP contribution in [0.1, 0.15) is 17.8 Å². The molecular formula is C13H15N3O4S. The SMILES string of the molecule is Cc1cn2c(CC(=O)N3CC(O)CC3C(=O)O)csc2n1. The van der Waals surface area contributed by atoms with E-state index in [0.717, 1.165) is 16.3 Å². The Hall–Kier alpha value is -1.93. The minimum absolute atomic E-state index is 0.0754. The highest BCUT2D eigenvalue weighted by Crippen LogP contribution is 2.22. The molecule has 1 amide bonds. The van der Waals surface area contributed by atoms with Gasteiger partial charge in [0.15, 0.2) is 4.96 Å². The van der Waals surface area contributed by atoms with Crippen molar-refractivity contribution in [3.05, 3.63) is 23.0 Å². The van der Waals surface area contributed by atoms with E-state index in [4.69, 9.17) is 5.11 Å². The van der Waals surface area contributed by atoms with Gasteiger partial charge in [0.2, 0.25) is 5.91 Å². The molecule has 1 aliphatic heterocycles. The third-order valence-corrected chi connectivity index (χ3v) is 4.51. The Morgan fingerprint density at radius 3 is 3.00 bits per heavy atom. The maximum Gasteiger partial charge on any atom is 0.326 e. The van der Waals surface area contributed by atoms with Gasteiger partial charge in [-0.25, -0.2) is 9.78 Å². The predicted octanol–water partition coefficient (Wildman–Crippen LogP) is 0.293. The number of carboxylic acid groups (broad SMARTS) is 1. The van der Waals surface area contributed by atoms with Crippen molar-refractivity contribution < 1.29 is 19.8 Å². The lowest BCUT2D eigenvalue weighted by atomic mass is 10.2. The zero-order valence-electron chi connectivity index (χ0n) is 11.4. The molecule has 2 unspecified atom stereocenters. The molecule has 2 aromatic rings. The molecule has 2 atom stereocenters. The van der Waals surface area contributed by atoms with Gasteiger partial charge in [0, 0.05) is 30.2 Å². The molecule has 3 heterocycles. The molecule has 0 aromatic carbocycles. The first kappa shape index (κ1) is 14.0. The summed E-state index contributed by atoms with van der Waals surface area (Å²) in [7, 11) is 0. The number of fused-ring (bicyclic) bond motifs is 1. The zero-order valence-corrected chi connectivity index (χ0v) is 12.2. The number of aliphatic hydroxyl groups is 1. The van der Waals surface area contributed by atoms with Crippen LogP contribution in [0.2, 0.25) is 0 Å². The van der Waals surface area contributed by atoms with E-state index in [0.29, 0.717) is 0 Å². The van der Waals surface area contributed by atoms with Crippen LogP contribution < -0.4 is 0 Å². The summed E-state index contributed by atoms with van der Waals surface area (Å²) in [4.78, 5) is 29.9. The second-order valence-electron chi connectivity index (χ2n) is 5.23. The molecule has 3 rings (SSSR count). The average Bonchev–Trinajstić information content (AvgIpc) is 3.05. The standard InChI is InChI=1S/C13H15N3O4S/c1-7-4-15-8(6-21-13(15)14-7)2-11(18)16-5-9(17)3-10(16)12(19)20/h4,6,9-10,17H,2-3,5H2,1H3,(H,19,20). The number of β-amino-alcohol motifs (C(OH)–C–C–N with tert-alkyl or cyclic N) is 1. The van der Waals surface area contributed by atoms with Gasteiger partial charge in [-0.2, -0.15) is 0 Å². The van der Waals surface area contributed by atoms with Crippen LogP contribution >= 0.6 is 11.3 Å². The highest BCUT2D eigenvalue weighted by molar-refractivity contribution is 7.15. The van der Waals surface area contributed by atoms with Gasteiger partial charge in [-0.1, -0.05) is 0 Å². The first-order valence-electron chi connectivity index (χ1n) is 6.58. The molecule has 2 N–H and O–H groups in total. The van der Waals surface area contributed by atoms with Crippen molar-refractivity contribution in [1.29, 1.82) is 0 Å². The molecule has 1 fully saturated rings. The van der Waals surface area contributed by atoms with Crippen molar-refractivity contribution in [2.45, 2.75) is 31.9 Å². The molecule has 2 aromatic heterocycles. The van der Waals surface area contributed by atoms with Gasteiger partial charge in [-0.15, -0.1) is 11.3 Å². The van der Waals surface area contributed by atoms with Crippen LogP contribution in [0.3, 0.4) is 0 Å². The van der Waals surface area contributed by atoms with Crippen molar-refractivity contribution in [2.75, 3.05) is 6.54 Å². The van der Waals surface area contributed by atoms with E-state index < -0.39 is 18.1 Å². The van der Waals surface area contributed by atoms with Crippen LogP contribution in [0.4, 0.5) is 0 Å². The van der Waals surface area contributed by atoms with Crippen molar-refractivity contribution in [3.63, 3.8) is 0 Å². The lowest BCUT2D eigenvalue weighted by molar-refractivity contribution is -0.148. The molecule has 112 valence electrons. The summed E-state index contributed by atoms with van der Waals surface area (Å²) in [5.41, 5.74) is 1.65. The number of likely N-dealkylation sites (tertiary alicyclic amines) is 1. The van der Waals surface area contributed by atoms with E-state index in [1.165, 1.54) is 16.2 Å². The van der Waals surface area contributed by atoms with Crippen molar-refractivity contribution in [1.82, 2.24) is 14.3 Å². The van der Waals surface area contributed by atoms with Gasteiger partial charge >= 0.3 is 5.97 Å². The summed E-state index contributed by atoms with van der Waals surface area (Å²) in [5.74, 6) is -1.36. The Morgan fingerprint density at radius 2 is 2.29 bits per heavy atom. The normalized spacial score (nSPS) is 22.1. The van der Waals surface area contributed by atoms with E-state index in [1.54, 1.807) is 0 Å². The number of aliphatic hydroxyl groups excluding tert-OH is 1. The number of hydrogen-bond donors (Lipinski definition) is 2. The summed E-state index contributed by atoms with van der Waals surface area (Å²) >= 11 is 1.44. The number of aromatic nitrogens is 2. The summed E-state index contributed by atoms with van der Waals surface area (Å²) in [6.45, 7) is 1.95. The molecule has 0 saturated carbocycles. The number of nitrogens with zero attached hydrogens (tertiary/aromatic N) is 3. The van der Waals surface area contributed by atoms with Crippen LogP contribution in [0, 0.1) is 6.92 Å². The van der Waals surface area contributed by atoms with Gasteiger partial charge in [-0.05, 0) is 6.92 Å². The first-order valence-corrected chi connectivity index (χ1v) is 7.46. The summed E-state index contributed by atoms with van der Waals surface area (Å²) in [5, 5.41) is 20.6. The molecule has 1 aliphatic rings. The number of amides is 1. The van der Waals surface area contributed by atoms with E-state index in [-0.39, 0.29) is 25.3 Å². The fourth-order valence-corrected chi connectivity index (χ4v) is 3.57. The topological polar surface area (TPSA) is 95.1 Å². The summed E-state index contributed by atoms with van der Waals surface area (Å²) < 4.78 is 1.85. The summed E-state index contributed by atoms with van der Waals surface area (Å²) in [6, 6.07) is -0.939. The smallest absolute Gasteiger partial charge is 0.326 e. The fourth-order valence-electron chi connectivity index (χ4n) is 2.65. The molecule has 7 nitrogen and oxygen atoms in total. The number of imidazole rings is 1. The van der Waals surface area contributed by atoms with E-state index in [1.807, 2.05) is 22.9 Å². The zero-order chi connectivity index (χ0) is 15.1. The number of carbonyl (C=O) groups is 2. The van der Waals surface area contributed by atoms with Crippen LogP contribution in [0.25, 0.3) is 4.96 Å². The number of carbonyl (C=O) groups excluding carboxylic acids is 1. The first-order chi connectivity index (χ1) is 9.95. The Bertz CT molecular complexity index is 707. The number of thiazole rings is 1. The van der Waals surface area contributed by atoms with Crippen LogP contribution in [-0.2, 0) is 16.0 Å². The number of aliphatic carboxylic acids is 1. The molecule has 0 spiro atoms. The molecule has 1 saturated heterocycles. The number of carboxylic acids is 1. The Balaban J connectivity index is 1.81. The van der Waals surface area contributed by atoms with Crippen LogP contribution in [-0.4, -0.2) is 55.1 Å². The summed E-state index contributed by atoms with van der Waals surface area (Å²) in [6.07, 6.45) is 1.27. The van der Waals surface area contributed by atoms with Gasteiger partial charge < -0.3 is 15.1 Å². The Kier molecular flexibility index (Phi) is 3.42. The van der Waals surface area contributed by atoms with Crippen LogP contribution in [0.15, 0.2) is 11.6 Å². The highest BCUT2D eigenvalue weighted by atomic mass is 32.1. The molecule has 0 radical (unpaired) electrons. The third kappa shape index (κ3) is 2.52. The van der Waals surface area contributed by atoms with Gasteiger partial charge in [0.05, 0.1) is 18.2 Å². The number of rotatable bonds is 3. The molecule has 0 bridgehead atoms. The van der Waals surface area contributed by atoms with Gasteiger partial charge in [-0.3, -0.25) is 9.20 Å². The molecule has 8 heteroatoms. The molecular weight excluding hydrogens is 294 g/mol. The minimum atomic E-state index is -1.08. The Labute approximate surface area is 124 Å². The second kappa shape index (κ2) is 5.12. The van der Waals surface area contributed by atoms with Crippen molar-refractivity contribution in [2.24, 2.45) is 0 Å². The van der Waals surface area contributed by atoms with Gasteiger partial charge in [0.1, 0.15) is 6.04 Å². The monoisotopic (exact) mass is 309 g/mol. The van der Waals surface area contributed by atoms with Crippen molar-refractivity contribution in [3.8, 4) is 0 Å². The maximum atomic E-state index is 12.3. The van der Waals surface area contributed by atoms with E-state index >= 15 is 0 Å². The number of aryl methyl sites for hydroxylation is 1. The molecule has 21 heavy (non-hydrogen) atoms. The maximum absolute atomic E-state index is 12.3. The predicted molar refractivity (Wildman–Crippen MR) is 75.3 cm³/mol. The lowest BCUT2D eigenvalue weighted by Gasteiger charge is -2.20. The second-order valence-corrected chi connectivity index (χ2v) is 6.06. The largest absolute Gasteiger partial charge is 0.480 e. The van der Waals surface area contributed by atoms with Crippen molar-refractivity contribution >= 4 is 28.2 Å². The third-order valence-electron chi connectivity index (χ3n) is 3.62. The lowest BCUT2D eigenvalue weighted by Crippen LogP contribution is -2.41. The van der Waals surface area contributed by atoms with Crippen LogP contribution in [0.5, 0.6) is 0 Å². The molecule has 0 aliphatic carbocycles. The number of hydrogen-bond acceptors (Lipinski definition) is 5.